The van der Waals surface area contributed by atoms with Crippen molar-refractivity contribution in [3.05, 3.63) is 0 Å². The molecular weight excluding hydrogens is 231 g/mol. The molecule has 0 saturated carbocycles. The summed E-state index contributed by atoms with van der Waals surface area (Å²) in [5, 5.41) is 8.29. The molecule has 0 saturated heterocycles. The topological polar surface area (TPSA) is 66.8 Å². The van der Waals surface area contributed by atoms with Gasteiger partial charge in [0.25, 0.3) is 0 Å². The molecule has 0 aliphatic rings. The van der Waals surface area contributed by atoms with Crippen LogP contribution in [0.1, 0.15) is 12.8 Å². The minimum atomic E-state index is -4.56. The zero-order chi connectivity index (χ0) is 12.8. The number of alkyl halides is 3. The number of ether oxygens (including phenoxy) is 1. The Kier molecular flexibility index (Phi) is 5.62. The quantitative estimate of drug-likeness (QED) is 0.794. The zero-order valence-electron chi connectivity index (χ0n) is 8.58. The highest BCUT2D eigenvalue weighted by molar-refractivity contribution is 5.68. The maximum absolute atomic E-state index is 11.7. The number of amides is 1. The van der Waals surface area contributed by atoms with Crippen molar-refractivity contribution in [3.8, 4) is 0 Å². The van der Waals surface area contributed by atoms with Gasteiger partial charge in [-0.15, -0.1) is 0 Å². The predicted octanol–water partition coefficient (Wildman–Crippen LogP) is 1.48. The fraction of sp³-hybridized carbons (Fsp3) is 0.750. The fourth-order valence-corrected chi connectivity index (χ4v) is 0.813. The monoisotopic (exact) mass is 243 g/mol. The first-order chi connectivity index (χ1) is 7.22. The van der Waals surface area contributed by atoms with Gasteiger partial charge in [0.15, 0.2) is 6.61 Å². The molecule has 1 N–H and O–H groups in total. The normalized spacial score (nSPS) is 11.0. The van der Waals surface area contributed by atoms with Crippen molar-refractivity contribution in [1.82, 2.24) is 4.90 Å². The number of hydrogen-bond acceptors (Lipinski definition) is 3. The molecule has 16 heavy (non-hydrogen) atoms. The number of carboxylic acids is 1. The molecule has 0 unspecified atom stereocenters. The first-order valence-electron chi connectivity index (χ1n) is 4.39. The van der Waals surface area contributed by atoms with E-state index < -0.39 is 24.8 Å². The van der Waals surface area contributed by atoms with Crippen LogP contribution in [0.2, 0.25) is 0 Å². The molecular formula is C8H12F3NO4. The van der Waals surface area contributed by atoms with Gasteiger partial charge in [-0.2, -0.15) is 13.2 Å². The Morgan fingerprint density at radius 1 is 1.38 bits per heavy atom. The molecule has 5 nitrogen and oxygen atoms in total. The van der Waals surface area contributed by atoms with Crippen molar-refractivity contribution in [3.63, 3.8) is 0 Å². The Labute approximate surface area is 89.8 Å². The van der Waals surface area contributed by atoms with Crippen molar-refractivity contribution in [2.24, 2.45) is 0 Å². The largest absolute Gasteiger partial charge is 0.481 e. The predicted molar refractivity (Wildman–Crippen MR) is 46.9 cm³/mol. The van der Waals surface area contributed by atoms with Crippen LogP contribution in [-0.2, 0) is 9.53 Å². The lowest BCUT2D eigenvalue weighted by atomic mass is 10.3. The van der Waals surface area contributed by atoms with Crippen LogP contribution >= 0.6 is 0 Å². The van der Waals surface area contributed by atoms with Crippen molar-refractivity contribution >= 4 is 12.1 Å². The molecule has 0 heterocycles. The van der Waals surface area contributed by atoms with Crippen LogP contribution in [-0.4, -0.2) is 48.4 Å². The second kappa shape index (κ2) is 6.19. The van der Waals surface area contributed by atoms with Crippen LogP contribution in [0, 0.1) is 0 Å². The summed E-state index contributed by atoms with van der Waals surface area (Å²) < 4.78 is 38.9. The van der Waals surface area contributed by atoms with E-state index in [1.807, 2.05) is 0 Å². The third kappa shape index (κ3) is 7.89. The van der Waals surface area contributed by atoms with Gasteiger partial charge in [-0.25, -0.2) is 4.79 Å². The number of carbonyl (C=O) groups is 2. The summed E-state index contributed by atoms with van der Waals surface area (Å²) in [7, 11) is 1.24. The summed E-state index contributed by atoms with van der Waals surface area (Å²) in [5.74, 6) is -1.03. The fourth-order valence-electron chi connectivity index (χ4n) is 0.813. The standard InChI is InChI=1S/C8H12F3NO4/c1-12(4-2-3-6(13)14)7(15)16-5-8(9,10)11/h2-5H2,1H3,(H,13,14). The molecule has 0 fully saturated rings. The van der Waals surface area contributed by atoms with E-state index in [1.165, 1.54) is 7.05 Å². The highest BCUT2D eigenvalue weighted by Crippen LogP contribution is 2.14. The van der Waals surface area contributed by atoms with E-state index in [-0.39, 0.29) is 19.4 Å². The molecule has 0 aromatic carbocycles. The van der Waals surface area contributed by atoms with E-state index in [2.05, 4.69) is 4.74 Å². The molecule has 0 spiro atoms. The summed E-state index contributed by atoms with van der Waals surface area (Å²) in [4.78, 5) is 21.9. The number of rotatable bonds is 5. The van der Waals surface area contributed by atoms with Gasteiger partial charge in [0.05, 0.1) is 0 Å². The Hall–Kier alpha value is -1.47. The lowest BCUT2D eigenvalue weighted by molar-refractivity contribution is -0.162. The van der Waals surface area contributed by atoms with E-state index in [9.17, 15) is 22.8 Å². The number of nitrogens with zero attached hydrogens (tertiary/aromatic N) is 1. The number of carbonyl (C=O) groups excluding carboxylic acids is 1. The van der Waals surface area contributed by atoms with Gasteiger partial charge in [0, 0.05) is 20.0 Å². The highest BCUT2D eigenvalue weighted by Gasteiger charge is 2.30. The van der Waals surface area contributed by atoms with Crippen LogP contribution in [0.15, 0.2) is 0 Å². The van der Waals surface area contributed by atoms with E-state index >= 15 is 0 Å². The summed E-state index contributed by atoms with van der Waals surface area (Å²) in [6.07, 6.45) is -5.68. The van der Waals surface area contributed by atoms with Crippen LogP contribution in [0.5, 0.6) is 0 Å². The second-order valence-electron chi connectivity index (χ2n) is 3.09. The average molecular weight is 243 g/mol. The van der Waals surface area contributed by atoms with Crippen molar-refractivity contribution in [1.29, 1.82) is 0 Å². The Morgan fingerprint density at radius 3 is 2.38 bits per heavy atom. The Bertz CT molecular complexity index is 254. The Balaban J connectivity index is 3.78. The maximum Gasteiger partial charge on any atom is 0.422 e. The van der Waals surface area contributed by atoms with Crippen LogP contribution < -0.4 is 0 Å². The second-order valence-corrected chi connectivity index (χ2v) is 3.09. The number of carboxylic acid groups (broad SMARTS) is 1. The summed E-state index contributed by atoms with van der Waals surface area (Å²) in [6, 6.07) is 0. The third-order valence-corrected chi connectivity index (χ3v) is 1.56. The van der Waals surface area contributed by atoms with Crippen LogP contribution in [0.3, 0.4) is 0 Å². The molecule has 0 radical (unpaired) electrons. The van der Waals surface area contributed by atoms with Crippen LogP contribution in [0.4, 0.5) is 18.0 Å². The summed E-state index contributed by atoms with van der Waals surface area (Å²) >= 11 is 0. The van der Waals surface area contributed by atoms with Gasteiger partial charge in [0.1, 0.15) is 0 Å². The lowest BCUT2D eigenvalue weighted by Gasteiger charge is -2.17. The maximum atomic E-state index is 11.7. The van der Waals surface area contributed by atoms with Crippen LogP contribution in [0.25, 0.3) is 0 Å². The van der Waals surface area contributed by atoms with Crippen molar-refractivity contribution < 1.29 is 32.6 Å². The van der Waals surface area contributed by atoms with Gasteiger partial charge in [0.2, 0.25) is 0 Å². The SMILES string of the molecule is CN(CCCC(=O)O)C(=O)OCC(F)(F)F. The van der Waals surface area contributed by atoms with Crippen molar-refractivity contribution in [2.75, 3.05) is 20.2 Å². The van der Waals surface area contributed by atoms with E-state index in [0.717, 1.165) is 4.90 Å². The minimum absolute atomic E-state index is 0.0307. The smallest absolute Gasteiger partial charge is 0.422 e. The molecule has 0 aliphatic heterocycles. The molecule has 94 valence electrons. The van der Waals surface area contributed by atoms with Gasteiger partial charge < -0.3 is 14.7 Å². The van der Waals surface area contributed by atoms with Gasteiger partial charge in [-0.3, -0.25) is 4.79 Å². The first-order valence-corrected chi connectivity index (χ1v) is 4.39. The molecule has 8 heteroatoms. The molecule has 0 aliphatic carbocycles. The average Bonchev–Trinajstić information content (AvgIpc) is 2.12. The third-order valence-electron chi connectivity index (χ3n) is 1.56. The minimum Gasteiger partial charge on any atom is -0.481 e. The van der Waals surface area contributed by atoms with Gasteiger partial charge in [-0.1, -0.05) is 0 Å². The summed E-state index contributed by atoms with van der Waals surface area (Å²) in [6.45, 7) is -1.61. The number of hydrogen-bond donors (Lipinski definition) is 1. The molecule has 0 bridgehead atoms. The number of aliphatic carboxylic acids is 1. The van der Waals surface area contributed by atoms with Gasteiger partial charge in [-0.05, 0) is 6.42 Å². The Morgan fingerprint density at radius 2 is 1.94 bits per heavy atom. The van der Waals surface area contributed by atoms with Gasteiger partial charge >= 0.3 is 18.2 Å². The molecule has 0 atom stereocenters. The van der Waals surface area contributed by atoms with E-state index in [4.69, 9.17) is 5.11 Å². The zero-order valence-corrected chi connectivity index (χ0v) is 8.58. The van der Waals surface area contributed by atoms with E-state index in [0.29, 0.717) is 0 Å². The highest BCUT2D eigenvalue weighted by atomic mass is 19.4. The first kappa shape index (κ1) is 14.5. The molecule has 0 rings (SSSR count). The molecule has 1 amide bonds. The summed E-state index contributed by atoms with van der Waals surface area (Å²) in [5.41, 5.74) is 0. The lowest BCUT2D eigenvalue weighted by Crippen LogP contribution is -2.31. The molecule has 0 aromatic rings. The van der Waals surface area contributed by atoms with E-state index in [1.54, 1.807) is 0 Å². The van der Waals surface area contributed by atoms with Crippen molar-refractivity contribution in [2.45, 2.75) is 19.0 Å². The molecule has 0 aromatic heterocycles. The number of halogens is 3.